The fourth-order valence-electron chi connectivity index (χ4n) is 0.418. The lowest BCUT2D eigenvalue weighted by atomic mass is 10.2. The molecule has 0 radical (unpaired) electrons. The summed E-state index contributed by atoms with van der Waals surface area (Å²) in [6, 6.07) is 0. The van der Waals surface area contributed by atoms with E-state index in [2.05, 4.69) is 6.92 Å². The van der Waals surface area contributed by atoms with E-state index < -0.39 is 0 Å². The van der Waals surface area contributed by atoms with Crippen LogP contribution in [0.4, 0.5) is 0 Å². The highest BCUT2D eigenvalue weighted by Crippen LogP contribution is 2.43. The van der Waals surface area contributed by atoms with Crippen LogP contribution in [0.3, 0.4) is 0 Å². The zero-order valence-electron chi connectivity index (χ0n) is 4.20. The number of hydrogen-bond acceptors (Lipinski definition) is 1. The van der Waals surface area contributed by atoms with Gasteiger partial charge in [-0.3, -0.25) is 0 Å². The molecule has 0 aromatic carbocycles. The molecular formula is C5H13N. The molecule has 1 saturated carbocycles. The number of hydrogen-bond donors (Lipinski definition) is 1. The highest BCUT2D eigenvalue weighted by atomic mass is 14.6. The van der Waals surface area contributed by atoms with Gasteiger partial charge in [-0.1, -0.05) is 6.92 Å². The molecule has 0 amide bonds. The fourth-order valence-corrected chi connectivity index (χ4v) is 0.418. The van der Waals surface area contributed by atoms with E-state index in [0.29, 0.717) is 5.41 Å². The highest BCUT2D eigenvalue weighted by Gasteiger charge is 2.34. The normalized spacial score (nSPS) is 27.0. The first-order chi connectivity index (χ1) is 2.77. The summed E-state index contributed by atoms with van der Waals surface area (Å²) in [7, 11) is 0. The van der Waals surface area contributed by atoms with Gasteiger partial charge in [-0.05, 0) is 24.8 Å². The van der Waals surface area contributed by atoms with Crippen LogP contribution in [0.2, 0.25) is 0 Å². The van der Waals surface area contributed by atoms with Crippen LogP contribution in [-0.4, -0.2) is 6.54 Å². The first kappa shape index (κ1) is 4.13. The first-order valence-electron chi connectivity index (χ1n) is 2.47. The van der Waals surface area contributed by atoms with Crippen molar-refractivity contribution in [3.8, 4) is 0 Å². The van der Waals surface area contributed by atoms with E-state index in [4.69, 9.17) is 5.73 Å². The molecule has 1 aliphatic carbocycles. The predicted octanol–water partition coefficient (Wildman–Crippen LogP) is 0.991. The molecule has 1 rings (SSSR count). The van der Waals surface area contributed by atoms with Crippen LogP contribution >= 0.6 is 0 Å². The first-order valence-corrected chi connectivity index (χ1v) is 2.47. The van der Waals surface area contributed by atoms with Crippen LogP contribution in [0.25, 0.3) is 0 Å². The molecule has 0 aromatic heterocycles. The van der Waals surface area contributed by atoms with E-state index in [1.54, 1.807) is 0 Å². The molecule has 1 nitrogen and oxygen atoms in total. The molecule has 2 N–H and O–H groups in total. The Kier molecular flexibility index (Phi) is 0.667. The van der Waals surface area contributed by atoms with Gasteiger partial charge in [-0.2, -0.15) is 0 Å². The van der Waals surface area contributed by atoms with Gasteiger partial charge in [-0.25, -0.2) is 0 Å². The molecule has 0 spiro atoms. The second-order valence-corrected chi connectivity index (χ2v) is 2.51. The van der Waals surface area contributed by atoms with E-state index in [9.17, 15) is 0 Å². The lowest BCUT2D eigenvalue weighted by Gasteiger charge is -1.97. The maximum Gasteiger partial charge on any atom is 0 e. The minimum Gasteiger partial charge on any atom is -0.330 e. The minimum absolute atomic E-state index is 0. The van der Waals surface area contributed by atoms with Crippen molar-refractivity contribution >= 4 is 0 Å². The quantitative estimate of drug-likeness (QED) is 0.507. The summed E-state index contributed by atoms with van der Waals surface area (Å²) in [5, 5.41) is 0. The molecule has 0 unspecified atom stereocenters. The van der Waals surface area contributed by atoms with Crippen LogP contribution in [0, 0.1) is 5.41 Å². The Hall–Kier alpha value is -0.0400. The Labute approximate surface area is 40.0 Å². The fraction of sp³-hybridized carbons (Fsp3) is 1.00. The maximum absolute atomic E-state index is 5.37. The van der Waals surface area contributed by atoms with Gasteiger partial charge in [0.05, 0.1) is 0 Å². The summed E-state index contributed by atoms with van der Waals surface area (Å²) in [5.74, 6) is 0. The zero-order valence-corrected chi connectivity index (χ0v) is 4.20. The van der Waals surface area contributed by atoms with Crippen LogP contribution in [0.1, 0.15) is 21.2 Å². The van der Waals surface area contributed by atoms with Crippen molar-refractivity contribution in [2.24, 2.45) is 11.1 Å². The lowest BCUT2D eigenvalue weighted by Crippen LogP contribution is -2.10. The van der Waals surface area contributed by atoms with Gasteiger partial charge in [0, 0.05) is 1.43 Å². The highest BCUT2D eigenvalue weighted by molar-refractivity contribution is 4.88. The molecular weight excluding hydrogens is 74.1 g/mol. The molecule has 1 heteroatoms. The average Bonchev–Trinajstić information content (AvgIpc) is 2.22. The van der Waals surface area contributed by atoms with Crippen LogP contribution < -0.4 is 5.73 Å². The van der Waals surface area contributed by atoms with Gasteiger partial charge < -0.3 is 5.73 Å². The molecule has 0 bridgehead atoms. The van der Waals surface area contributed by atoms with Gasteiger partial charge in [0.25, 0.3) is 0 Å². The summed E-state index contributed by atoms with van der Waals surface area (Å²) in [5.41, 5.74) is 5.94. The summed E-state index contributed by atoms with van der Waals surface area (Å²) < 4.78 is 0. The Balaban J connectivity index is 0.000000360. The van der Waals surface area contributed by atoms with Crippen LogP contribution in [-0.2, 0) is 0 Å². The molecule has 38 valence electrons. The largest absolute Gasteiger partial charge is 0.330 e. The SMILES string of the molecule is CC1(CN)CC1.[HH]. The maximum atomic E-state index is 5.37. The zero-order chi connectivity index (χ0) is 4.62. The molecule has 0 atom stereocenters. The molecule has 0 aliphatic heterocycles. The molecule has 1 fully saturated rings. The predicted molar refractivity (Wildman–Crippen MR) is 28.5 cm³/mol. The van der Waals surface area contributed by atoms with Crippen molar-refractivity contribution in [3.63, 3.8) is 0 Å². The standard InChI is InChI=1S/C5H11N.H2/c1-5(4-6)2-3-5;/h2-4,6H2,1H3;1H. The summed E-state index contributed by atoms with van der Waals surface area (Å²) in [6.45, 7) is 3.11. The third kappa shape index (κ3) is 0.548. The molecule has 0 aromatic rings. The van der Waals surface area contributed by atoms with Gasteiger partial charge in [0.15, 0.2) is 0 Å². The number of rotatable bonds is 1. The van der Waals surface area contributed by atoms with Gasteiger partial charge >= 0.3 is 0 Å². The van der Waals surface area contributed by atoms with Gasteiger partial charge in [0.1, 0.15) is 0 Å². The van der Waals surface area contributed by atoms with Crippen molar-refractivity contribution in [3.05, 3.63) is 0 Å². The Morgan fingerprint density at radius 2 is 2.33 bits per heavy atom. The van der Waals surface area contributed by atoms with Crippen molar-refractivity contribution in [2.75, 3.05) is 6.54 Å². The molecule has 0 heterocycles. The third-order valence-corrected chi connectivity index (χ3v) is 1.60. The average molecular weight is 87.2 g/mol. The van der Waals surface area contributed by atoms with Crippen molar-refractivity contribution in [2.45, 2.75) is 19.8 Å². The van der Waals surface area contributed by atoms with Crippen molar-refractivity contribution < 1.29 is 1.43 Å². The summed E-state index contributed by atoms with van der Waals surface area (Å²) in [4.78, 5) is 0. The third-order valence-electron chi connectivity index (χ3n) is 1.60. The van der Waals surface area contributed by atoms with E-state index in [0.717, 1.165) is 6.54 Å². The topological polar surface area (TPSA) is 26.0 Å². The monoisotopic (exact) mass is 87.1 g/mol. The Morgan fingerprint density at radius 3 is 2.33 bits per heavy atom. The summed E-state index contributed by atoms with van der Waals surface area (Å²) >= 11 is 0. The lowest BCUT2D eigenvalue weighted by molar-refractivity contribution is 0.588. The molecule has 6 heavy (non-hydrogen) atoms. The van der Waals surface area contributed by atoms with Gasteiger partial charge in [-0.15, -0.1) is 0 Å². The van der Waals surface area contributed by atoms with Crippen LogP contribution in [0.15, 0.2) is 0 Å². The smallest absolute Gasteiger partial charge is 0 e. The van der Waals surface area contributed by atoms with E-state index in [1.807, 2.05) is 0 Å². The van der Waals surface area contributed by atoms with E-state index >= 15 is 0 Å². The Bertz CT molecular complexity index is 59.1. The molecule has 1 aliphatic rings. The minimum atomic E-state index is 0. The van der Waals surface area contributed by atoms with E-state index in [1.165, 1.54) is 12.8 Å². The van der Waals surface area contributed by atoms with Gasteiger partial charge in [0.2, 0.25) is 0 Å². The molecule has 0 saturated heterocycles. The second-order valence-electron chi connectivity index (χ2n) is 2.51. The number of nitrogens with two attached hydrogens (primary N) is 1. The second kappa shape index (κ2) is 0.969. The van der Waals surface area contributed by atoms with Crippen molar-refractivity contribution in [1.82, 2.24) is 0 Å². The summed E-state index contributed by atoms with van der Waals surface area (Å²) in [6.07, 6.45) is 2.70. The van der Waals surface area contributed by atoms with Crippen LogP contribution in [0.5, 0.6) is 0 Å². The van der Waals surface area contributed by atoms with Crippen molar-refractivity contribution in [1.29, 1.82) is 0 Å². The van der Waals surface area contributed by atoms with E-state index in [-0.39, 0.29) is 1.43 Å². The Morgan fingerprint density at radius 1 is 1.83 bits per heavy atom.